The molecule has 0 aliphatic carbocycles. The number of carbonyl (C=O) groups excluding carboxylic acids is 1. The summed E-state index contributed by atoms with van der Waals surface area (Å²) in [7, 11) is 1.71. The molecule has 0 fully saturated rings. The van der Waals surface area contributed by atoms with Gasteiger partial charge in [0.05, 0.1) is 0 Å². The van der Waals surface area contributed by atoms with E-state index in [4.69, 9.17) is 0 Å². The second-order valence-corrected chi connectivity index (χ2v) is 5.42. The number of carbonyl (C=O) groups is 1. The molecule has 0 radical (unpaired) electrons. The van der Waals surface area contributed by atoms with Crippen molar-refractivity contribution in [3.63, 3.8) is 0 Å². The second-order valence-electron chi connectivity index (χ2n) is 5.42. The van der Waals surface area contributed by atoms with E-state index < -0.39 is 0 Å². The number of pyridine rings is 1. The number of benzene rings is 1. The zero-order valence-corrected chi connectivity index (χ0v) is 13.3. The van der Waals surface area contributed by atoms with Crippen molar-refractivity contribution < 1.29 is 4.79 Å². The Hall–Kier alpha value is -3.22. The maximum absolute atomic E-state index is 12.2. The Morgan fingerprint density at radius 1 is 1.17 bits per heavy atom. The number of urea groups is 1. The van der Waals surface area contributed by atoms with Crippen molar-refractivity contribution in [2.24, 2.45) is 0 Å². The Morgan fingerprint density at radius 3 is 2.71 bits per heavy atom. The molecule has 2 amide bonds. The number of amides is 2. The van der Waals surface area contributed by atoms with E-state index in [0.29, 0.717) is 18.8 Å². The lowest BCUT2D eigenvalue weighted by atomic mass is 10.1. The lowest BCUT2D eigenvalue weighted by molar-refractivity contribution is 0.220. The highest BCUT2D eigenvalue weighted by Crippen LogP contribution is 2.08. The van der Waals surface area contributed by atoms with Crippen LogP contribution in [0.2, 0.25) is 0 Å². The number of aromatic amines is 1. The van der Waals surface area contributed by atoms with Crippen LogP contribution in [0.4, 0.5) is 10.7 Å². The first-order chi connectivity index (χ1) is 11.7. The number of aromatic nitrogens is 4. The van der Waals surface area contributed by atoms with Crippen LogP contribution in [0.1, 0.15) is 17.0 Å². The van der Waals surface area contributed by atoms with Crippen LogP contribution in [0.5, 0.6) is 0 Å². The number of hydrogen-bond donors (Lipinski definition) is 2. The van der Waals surface area contributed by atoms with Crippen molar-refractivity contribution in [1.29, 1.82) is 0 Å². The van der Waals surface area contributed by atoms with Crippen molar-refractivity contribution in [2.45, 2.75) is 13.0 Å². The van der Waals surface area contributed by atoms with Crippen LogP contribution >= 0.6 is 0 Å². The monoisotopic (exact) mass is 322 g/mol. The third kappa shape index (κ3) is 4.16. The molecule has 0 aliphatic heterocycles. The number of nitrogens with zero attached hydrogens (tertiary/aromatic N) is 4. The first-order valence-electron chi connectivity index (χ1n) is 7.57. The lowest BCUT2D eigenvalue weighted by Crippen LogP contribution is -2.31. The smallest absolute Gasteiger partial charge is 0.323 e. The summed E-state index contributed by atoms with van der Waals surface area (Å²) in [6.07, 6.45) is 4.06. The highest BCUT2D eigenvalue weighted by molar-refractivity contribution is 5.87. The Labute approximate surface area is 139 Å². The molecule has 122 valence electrons. The van der Waals surface area contributed by atoms with Gasteiger partial charge >= 0.3 is 6.03 Å². The Morgan fingerprint density at radius 2 is 1.96 bits per heavy atom. The topological polar surface area (TPSA) is 86.8 Å². The van der Waals surface area contributed by atoms with Gasteiger partial charge in [0.2, 0.25) is 5.95 Å². The minimum absolute atomic E-state index is 0.268. The first kappa shape index (κ1) is 15.7. The minimum Gasteiger partial charge on any atom is -0.323 e. The average molecular weight is 322 g/mol. The highest BCUT2D eigenvalue weighted by Gasteiger charge is 2.12. The van der Waals surface area contributed by atoms with Gasteiger partial charge in [-0.1, -0.05) is 36.4 Å². The number of H-pyrrole nitrogens is 1. The summed E-state index contributed by atoms with van der Waals surface area (Å²) in [5.41, 5.74) is 2.08. The number of hydrogen-bond acceptors (Lipinski definition) is 4. The van der Waals surface area contributed by atoms with Crippen molar-refractivity contribution in [1.82, 2.24) is 25.1 Å². The SMILES string of the molecule is CN(Cc1cccnc1)C(=O)Nc1n[nH]c(Cc2ccccc2)n1. The van der Waals surface area contributed by atoms with Gasteiger partial charge in [0.1, 0.15) is 5.82 Å². The van der Waals surface area contributed by atoms with Gasteiger partial charge in [0, 0.05) is 32.4 Å². The molecule has 3 aromatic rings. The Bertz CT molecular complexity index is 787. The van der Waals surface area contributed by atoms with Crippen LogP contribution in [-0.2, 0) is 13.0 Å². The summed E-state index contributed by atoms with van der Waals surface area (Å²) < 4.78 is 0. The molecule has 0 atom stereocenters. The quantitative estimate of drug-likeness (QED) is 0.755. The molecule has 24 heavy (non-hydrogen) atoms. The van der Waals surface area contributed by atoms with Crippen LogP contribution in [-0.4, -0.2) is 38.1 Å². The van der Waals surface area contributed by atoms with Crippen molar-refractivity contribution in [3.8, 4) is 0 Å². The Kier molecular flexibility index (Phi) is 4.81. The fraction of sp³-hybridized carbons (Fsp3) is 0.176. The molecule has 7 nitrogen and oxygen atoms in total. The molecule has 1 aromatic carbocycles. The molecule has 2 aromatic heterocycles. The predicted octanol–water partition coefficient (Wildman–Crippen LogP) is 2.45. The third-order valence-electron chi connectivity index (χ3n) is 3.45. The van der Waals surface area contributed by atoms with Crippen molar-refractivity contribution >= 4 is 12.0 Å². The lowest BCUT2D eigenvalue weighted by Gasteiger charge is -2.16. The van der Waals surface area contributed by atoms with Crippen LogP contribution in [0, 0.1) is 0 Å². The largest absolute Gasteiger partial charge is 0.324 e. The van der Waals surface area contributed by atoms with Gasteiger partial charge in [0.15, 0.2) is 0 Å². The van der Waals surface area contributed by atoms with Gasteiger partial charge in [-0.25, -0.2) is 4.79 Å². The first-order valence-corrected chi connectivity index (χ1v) is 7.57. The van der Waals surface area contributed by atoms with Crippen LogP contribution in [0.25, 0.3) is 0 Å². The van der Waals surface area contributed by atoms with E-state index in [0.717, 1.165) is 11.1 Å². The summed E-state index contributed by atoms with van der Waals surface area (Å²) in [5.74, 6) is 0.968. The zero-order valence-electron chi connectivity index (χ0n) is 13.3. The molecule has 7 heteroatoms. The van der Waals surface area contributed by atoms with Crippen LogP contribution in [0.3, 0.4) is 0 Å². The molecular weight excluding hydrogens is 304 g/mol. The van der Waals surface area contributed by atoms with Crippen LogP contribution < -0.4 is 5.32 Å². The minimum atomic E-state index is -0.274. The summed E-state index contributed by atoms with van der Waals surface area (Å²) >= 11 is 0. The molecule has 2 N–H and O–H groups in total. The van der Waals surface area contributed by atoms with E-state index >= 15 is 0 Å². The zero-order chi connectivity index (χ0) is 16.8. The van der Waals surface area contributed by atoms with E-state index in [9.17, 15) is 4.79 Å². The summed E-state index contributed by atoms with van der Waals surface area (Å²) in [6, 6.07) is 13.4. The number of anilines is 1. The van der Waals surface area contributed by atoms with Crippen molar-refractivity contribution in [2.75, 3.05) is 12.4 Å². The standard InChI is InChI=1S/C17H18N6O/c1-23(12-14-8-5-9-18-11-14)17(24)20-16-19-15(21-22-16)10-13-6-3-2-4-7-13/h2-9,11H,10,12H2,1H3,(H2,19,20,21,22,24). The molecule has 0 saturated carbocycles. The van der Waals surface area contributed by atoms with Gasteiger partial charge in [-0.15, -0.1) is 5.10 Å². The van der Waals surface area contributed by atoms with Gasteiger partial charge in [0.25, 0.3) is 0 Å². The van der Waals surface area contributed by atoms with E-state index in [-0.39, 0.29) is 12.0 Å². The molecule has 3 rings (SSSR count). The van der Waals surface area contributed by atoms with Gasteiger partial charge in [-0.2, -0.15) is 4.98 Å². The highest BCUT2D eigenvalue weighted by atomic mass is 16.2. The maximum Gasteiger partial charge on any atom is 0.324 e. The van der Waals surface area contributed by atoms with E-state index in [1.165, 1.54) is 0 Å². The van der Waals surface area contributed by atoms with E-state index in [2.05, 4.69) is 25.5 Å². The van der Waals surface area contributed by atoms with Crippen molar-refractivity contribution in [3.05, 3.63) is 71.8 Å². The summed E-state index contributed by atoms with van der Waals surface area (Å²) in [6.45, 7) is 0.459. The Balaban J connectivity index is 1.57. The van der Waals surface area contributed by atoms with Gasteiger partial charge in [-0.3, -0.25) is 15.4 Å². The number of rotatable bonds is 5. The van der Waals surface area contributed by atoms with Crippen LogP contribution in [0.15, 0.2) is 54.9 Å². The van der Waals surface area contributed by atoms with E-state index in [1.54, 1.807) is 24.3 Å². The molecule has 0 unspecified atom stereocenters. The predicted molar refractivity (Wildman–Crippen MR) is 90.4 cm³/mol. The normalized spacial score (nSPS) is 10.4. The molecule has 2 heterocycles. The second kappa shape index (κ2) is 7.36. The molecular formula is C17H18N6O. The molecule has 0 saturated heterocycles. The number of nitrogens with one attached hydrogen (secondary N) is 2. The fourth-order valence-electron chi connectivity index (χ4n) is 2.25. The molecule has 0 aliphatic rings. The average Bonchev–Trinajstić information content (AvgIpc) is 3.03. The van der Waals surface area contributed by atoms with Gasteiger partial charge < -0.3 is 4.90 Å². The maximum atomic E-state index is 12.2. The summed E-state index contributed by atoms with van der Waals surface area (Å²) in [4.78, 5) is 22.1. The third-order valence-corrected chi connectivity index (χ3v) is 3.45. The molecule has 0 bridgehead atoms. The summed E-state index contributed by atoms with van der Waals surface area (Å²) in [5, 5.41) is 9.56. The van der Waals surface area contributed by atoms with E-state index in [1.807, 2.05) is 42.5 Å². The molecule has 0 spiro atoms. The fourth-order valence-corrected chi connectivity index (χ4v) is 2.25. The van der Waals surface area contributed by atoms with Gasteiger partial charge in [-0.05, 0) is 17.2 Å².